The molecule has 0 fully saturated rings. The maximum absolute atomic E-state index is 10.7. The Kier molecular flexibility index (Phi) is 17.9. The Balaban J connectivity index is 2.98. The van der Waals surface area contributed by atoms with Crippen molar-refractivity contribution in [2.24, 2.45) is 5.73 Å². The quantitative estimate of drug-likeness (QED) is 0.307. The number of carbonyl (C=O) groups excluding carboxylic acids is 1. The fraction of sp³-hybridized carbons (Fsp3) is 0.944. The molecule has 0 aromatic rings. The number of rotatable bonds is 17. The number of hydrogen-bond donors (Lipinski definition) is 2. The predicted molar refractivity (Wildman–Crippen MR) is 93.5 cm³/mol. The van der Waals surface area contributed by atoms with E-state index in [4.69, 9.17) is 10.6 Å². The fourth-order valence-electron chi connectivity index (χ4n) is 2.56. The van der Waals surface area contributed by atoms with Gasteiger partial charge < -0.3 is 10.6 Å². The van der Waals surface area contributed by atoms with E-state index in [0.717, 1.165) is 13.0 Å². The summed E-state index contributed by atoms with van der Waals surface area (Å²) in [6.45, 7) is 2.93. The van der Waals surface area contributed by atoms with Gasteiger partial charge in [-0.25, -0.2) is 4.79 Å². The second kappa shape index (κ2) is 18.4. The topological polar surface area (TPSA) is 64.3 Å². The zero-order valence-electron chi connectivity index (χ0n) is 14.7. The van der Waals surface area contributed by atoms with E-state index in [1.807, 2.05) is 0 Å². The van der Waals surface area contributed by atoms with Gasteiger partial charge in [-0.2, -0.15) is 5.48 Å². The summed E-state index contributed by atoms with van der Waals surface area (Å²) in [5.41, 5.74) is 7.77. The van der Waals surface area contributed by atoms with Crippen molar-refractivity contribution in [3.05, 3.63) is 0 Å². The van der Waals surface area contributed by atoms with Crippen LogP contribution >= 0.6 is 0 Å². The van der Waals surface area contributed by atoms with Crippen LogP contribution in [-0.2, 0) is 9.63 Å². The lowest BCUT2D eigenvalue weighted by molar-refractivity contribution is -0.149. The van der Waals surface area contributed by atoms with Gasteiger partial charge in [-0.15, -0.1) is 0 Å². The summed E-state index contributed by atoms with van der Waals surface area (Å²) in [4.78, 5) is 15.4. The second-order valence-corrected chi connectivity index (χ2v) is 6.17. The van der Waals surface area contributed by atoms with Crippen LogP contribution in [0.1, 0.15) is 96.8 Å². The highest BCUT2D eigenvalue weighted by molar-refractivity contribution is 5.70. The minimum Gasteiger partial charge on any atom is -0.369 e. The van der Waals surface area contributed by atoms with Crippen molar-refractivity contribution in [1.82, 2.24) is 5.48 Å². The standard InChI is InChI=1S/C18H38N2O2/c1-2-3-4-5-6-7-8-9-10-11-12-13-14-15-16-20-22-18(21)17-19/h20H,2-17,19H2,1H3. The summed E-state index contributed by atoms with van der Waals surface area (Å²) < 4.78 is 0. The molecule has 0 spiro atoms. The van der Waals surface area contributed by atoms with Crippen LogP contribution in [0.15, 0.2) is 0 Å². The third-order valence-corrected chi connectivity index (χ3v) is 3.99. The molecule has 0 amide bonds. The molecule has 22 heavy (non-hydrogen) atoms. The number of carbonyl (C=O) groups is 1. The van der Waals surface area contributed by atoms with Crippen LogP contribution in [0.5, 0.6) is 0 Å². The van der Waals surface area contributed by atoms with Crippen molar-refractivity contribution in [2.45, 2.75) is 96.8 Å². The fourth-order valence-corrected chi connectivity index (χ4v) is 2.56. The van der Waals surface area contributed by atoms with Crippen molar-refractivity contribution in [2.75, 3.05) is 13.1 Å². The predicted octanol–water partition coefficient (Wildman–Crippen LogP) is 4.47. The van der Waals surface area contributed by atoms with Gasteiger partial charge in [0.05, 0.1) is 6.54 Å². The monoisotopic (exact) mass is 314 g/mol. The van der Waals surface area contributed by atoms with E-state index in [2.05, 4.69) is 12.4 Å². The van der Waals surface area contributed by atoms with Gasteiger partial charge in [-0.1, -0.05) is 90.4 Å². The molecule has 0 saturated carbocycles. The van der Waals surface area contributed by atoms with Gasteiger partial charge in [0.1, 0.15) is 0 Å². The first kappa shape index (κ1) is 21.4. The molecular weight excluding hydrogens is 276 g/mol. The van der Waals surface area contributed by atoms with Gasteiger partial charge in [0.15, 0.2) is 0 Å². The molecule has 4 heteroatoms. The molecule has 0 heterocycles. The van der Waals surface area contributed by atoms with Crippen LogP contribution in [0.2, 0.25) is 0 Å². The number of hydroxylamine groups is 1. The van der Waals surface area contributed by atoms with Crippen molar-refractivity contribution in [3.63, 3.8) is 0 Å². The minimum atomic E-state index is -0.398. The molecule has 132 valence electrons. The summed E-state index contributed by atoms with van der Waals surface area (Å²) in [6.07, 6.45) is 18.9. The highest BCUT2D eigenvalue weighted by Gasteiger charge is 1.97. The van der Waals surface area contributed by atoms with E-state index in [1.165, 1.54) is 83.5 Å². The molecule has 0 aliphatic carbocycles. The van der Waals surface area contributed by atoms with Gasteiger partial charge in [0.2, 0.25) is 0 Å². The molecule has 4 nitrogen and oxygen atoms in total. The van der Waals surface area contributed by atoms with E-state index >= 15 is 0 Å². The van der Waals surface area contributed by atoms with E-state index in [0.29, 0.717) is 0 Å². The first-order chi connectivity index (χ1) is 10.8. The van der Waals surface area contributed by atoms with Gasteiger partial charge in [0, 0.05) is 6.54 Å². The lowest BCUT2D eigenvalue weighted by Crippen LogP contribution is -2.26. The summed E-state index contributed by atoms with van der Waals surface area (Å²) in [6, 6.07) is 0. The Morgan fingerprint density at radius 2 is 1.18 bits per heavy atom. The molecule has 0 saturated heterocycles. The van der Waals surface area contributed by atoms with Gasteiger partial charge in [-0.3, -0.25) is 0 Å². The van der Waals surface area contributed by atoms with Gasteiger partial charge in [0.25, 0.3) is 0 Å². The van der Waals surface area contributed by atoms with Crippen LogP contribution in [0.4, 0.5) is 0 Å². The molecular formula is C18H38N2O2. The average Bonchev–Trinajstić information content (AvgIpc) is 2.54. The molecule has 0 radical (unpaired) electrons. The molecule has 0 aliphatic rings. The maximum Gasteiger partial charge on any atom is 0.338 e. The summed E-state index contributed by atoms with van der Waals surface area (Å²) in [7, 11) is 0. The van der Waals surface area contributed by atoms with Crippen LogP contribution in [-0.4, -0.2) is 19.1 Å². The highest BCUT2D eigenvalue weighted by Crippen LogP contribution is 2.12. The number of unbranched alkanes of at least 4 members (excludes halogenated alkanes) is 13. The first-order valence-electron chi connectivity index (χ1n) is 9.43. The molecule has 0 aromatic heterocycles. The van der Waals surface area contributed by atoms with Crippen molar-refractivity contribution >= 4 is 5.97 Å². The largest absolute Gasteiger partial charge is 0.369 e. The smallest absolute Gasteiger partial charge is 0.338 e. The Bertz CT molecular complexity index is 235. The van der Waals surface area contributed by atoms with E-state index < -0.39 is 5.97 Å². The highest BCUT2D eigenvalue weighted by atomic mass is 16.7. The Morgan fingerprint density at radius 1 is 0.773 bits per heavy atom. The van der Waals surface area contributed by atoms with Crippen LogP contribution in [0.25, 0.3) is 0 Å². The number of hydrogen-bond acceptors (Lipinski definition) is 4. The van der Waals surface area contributed by atoms with E-state index in [-0.39, 0.29) is 6.54 Å². The zero-order valence-corrected chi connectivity index (χ0v) is 14.7. The van der Waals surface area contributed by atoms with Crippen molar-refractivity contribution in [1.29, 1.82) is 0 Å². The zero-order chi connectivity index (χ0) is 16.3. The van der Waals surface area contributed by atoms with Gasteiger partial charge >= 0.3 is 5.97 Å². The third-order valence-electron chi connectivity index (χ3n) is 3.99. The van der Waals surface area contributed by atoms with Crippen LogP contribution < -0.4 is 11.2 Å². The summed E-state index contributed by atoms with van der Waals surface area (Å²) in [5, 5.41) is 0. The number of nitrogens with two attached hydrogens (primary N) is 1. The second-order valence-electron chi connectivity index (χ2n) is 6.17. The molecule has 0 unspecified atom stereocenters. The normalized spacial score (nSPS) is 10.8. The third kappa shape index (κ3) is 17.4. The lowest BCUT2D eigenvalue weighted by atomic mass is 10.0. The maximum atomic E-state index is 10.7. The SMILES string of the molecule is CCCCCCCCCCCCCCCCNOC(=O)CN. The average molecular weight is 315 g/mol. The van der Waals surface area contributed by atoms with Crippen molar-refractivity contribution < 1.29 is 9.63 Å². The lowest BCUT2D eigenvalue weighted by Gasteiger charge is -2.05. The first-order valence-corrected chi connectivity index (χ1v) is 9.43. The van der Waals surface area contributed by atoms with Crippen molar-refractivity contribution in [3.8, 4) is 0 Å². The Morgan fingerprint density at radius 3 is 1.59 bits per heavy atom. The van der Waals surface area contributed by atoms with E-state index in [1.54, 1.807) is 0 Å². The van der Waals surface area contributed by atoms with Gasteiger partial charge in [-0.05, 0) is 6.42 Å². The van der Waals surface area contributed by atoms with E-state index in [9.17, 15) is 4.79 Å². The molecule has 0 rings (SSSR count). The molecule has 0 atom stereocenters. The van der Waals surface area contributed by atoms with Crippen LogP contribution in [0, 0.1) is 0 Å². The Labute approximate surface area is 137 Å². The molecule has 3 N–H and O–H groups in total. The number of nitrogens with one attached hydrogen (secondary N) is 1. The summed E-state index contributed by atoms with van der Waals surface area (Å²) >= 11 is 0. The molecule has 0 aromatic carbocycles. The van der Waals surface area contributed by atoms with Crippen LogP contribution in [0.3, 0.4) is 0 Å². The molecule has 0 aliphatic heterocycles. The molecule has 0 bridgehead atoms. The minimum absolute atomic E-state index is 0.0637. The Hall–Kier alpha value is -0.610. The summed E-state index contributed by atoms with van der Waals surface area (Å²) in [5.74, 6) is -0.398.